The number of fused-ring (bicyclic) bond motifs is 1. The Hall–Kier alpha value is -3.89. The van der Waals surface area contributed by atoms with Crippen LogP contribution in [0.5, 0.6) is 5.75 Å². The molecule has 6 aromatic carbocycles. The van der Waals surface area contributed by atoms with Crippen molar-refractivity contribution >= 4 is 80.6 Å². The number of hydrogen-bond acceptors (Lipinski definition) is 16. The van der Waals surface area contributed by atoms with E-state index in [0.717, 1.165) is 39.7 Å². The first-order valence-corrected chi connectivity index (χ1v) is 18.1. The summed E-state index contributed by atoms with van der Waals surface area (Å²) in [5.41, 5.74) is 7.60. The second kappa shape index (κ2) is 22.5. The monoisotopic (exact) mass is 835 g/mol. The number of hydrogen-bond donors (Lipinski definition) is 2. The fourth-order valence-corrected chi connectivity index (χ4v) is 6.20. The summed E-state index contributed by atoms with van der Waals surface area (Å²) in [6.07, 6.45) is 0. The van der Waals surface area contributed by atoms with E-state index in [-0.39, 0.29) is 76.5 Å². The minimum absolute atomic E-state index is 0. The number of nitrogens with one attached hydrogen (secondary N) is 1. The van der Waals surface area contributed by atoms with E-state index >= 15 is 0 Å². The number of azo groups is 3. The van der Waals surface area contributed by atoms with Crippen molar-refractivity contribution in [1.29, 1.82) is 0 Å². The summed E-state index contributed by atoms with van der Waals surface area (Å²) in [6, 6.07) is 29.7. The number of benzene rings is 6. The zero-order valence-corrected chi connectivity index (χ0v) is 37.8. The van der Waals surface area contributed by atoms with Crippen LogP contribution in [0.2, 0.25) is 0 Å². The normalized spacial score (nSPS) is 11.3. The predicted octanol–water partition coefficient (Wildman–Crippen LogP) is 4.75. The molecule has 0 aliphatic heterocycles. The molecular formula is C39H31N7Na2O8S2. The quantitative estimate of drug-likeness (QED) is 0.0507. The van der Waals surface area contributed by atoms with E-state index in [1.807, 2.05) is 52.0 Å². The molecule has 0 radical (unpaired) electrons. The Labute approximate surface area is 385 Å². The summed E-state index contributed by atoms with van der Waals surface area (Å²) in [4.78, 5) is 13.7. The van der Waals surface area contributed by atoms with Gasteiger partial charge in [0, 0.05) is 21.5 Å². The Morgan fingerprint density at radius 2 is 1.21 bits per heavy atom. The summed E-state index contributed by atoms with van der Waals surface area (Å²) in [5.74, 6) is -0.412. The van der Waals surface area contributed by atoms with Gasteiger partial charge in [0.05, 0.1) is 57.4 Å². The molecule has 0 aromatic heterocycles. The van der Waals surface area contributed by atoms with Crippen LogP contribution in [0.1, 0.15) is 32.6 Å². The van der Waals surface area contributed by atoms with E-state index in [0.29, 0.717) is 66.9 Å². The number of aromatic hydroxyl groups is 1. The van der Waals surface area contributed by atoms with Crippen molar-refractivity contribution in [3.63, 3.8) is 0 Å². The molecule has 0 unspecified atom stereocenters. The van der Waals surface area contributed by atoms with E-state index in [2.05, 4.69) is 54.7 Å². The number of carbonyl (C=O) groups excluding carboxylic acids is 1. The van der Waals surface area contributed by atoms with Gasteiger partial charge >= 0.3 is 59.1 Å². The molecule has 0 aliphatic carbocycles. The molecule has 15 nitrogen and oxygen atoms in total. The zero-order chi connectivity index (χ0) is 39.6. The van der Waals surface area contributed by atoms with Crippen molar-refractivity contribution in [1.82, 2.24) is 0 Å². The Bertz CT molecular complexity index is 2480. The maximum atomic E-state index is 12.7. The summed E-state index contributed by atoms with van der Waals surface area (Å²) in [6.45, 7) is 7.61. The summed E-state index contributed by atoms with van der Waals surface area (Å²) in [7, 11) is 0. The van der Waals surface area contributed by atoms with Crippen molar-refractivity contribution in [2.75, 3.05) is 5.32 Å². The van der Waals surface area contributed by atoms with Crippen LogP contribution in [0.3, 0.4) is 0 Å². The molecule has 0 saturated carbocycles. The van der Waals surface area contributed by atoms with Gasteiger partial charge in [0.2, 0.25) is 0 Å². The molecule has 0 bridgehead atoms. The average Bonchev–Trinajstić information content (AvgIpc) is 3.19. The smallest absolute Gasteiger partial charge is 0.691 e. The summed E-state index contributed by atoms with van der Waals surface area (Å²) < 4.78 is 8.81. The van der Waals surface area contributed by atoms with Crippen molar-refractivity contribution in [2.45, 2.75) is 37.5 Å². The molecule has 58 heavy (non-hydrogen) atoms. The van der Waals surface area contributed by atoms with E-state index in [1.165, 1.54) is 0 Å². The third-order valence-corrected chi connectivity index (χ3v) is 9.46. The number of phenolic OH excluding ortho intramolecular Hbond substituents is 1. The zero-order valence-electron chi connectivity index (χ0n) is 32.1. The third kappa shape index (κ3) is 12.3. The number of phenols is 1. The molecule has 0 spiro atoms. The molecule has 6 aromatic rings. The van der Waals surface area contributed by atoms with Gasteiger partial charge in [-0.15, -0.1) is 5.11 Å². The van der Waals surface area contributed by atoms with Gasteiger partial charge in [0.15, 0.2) is 5.75 Å². The fraction of sp³-hybridized carbons (Fsp3) is 0.103. The van der Waals surface area contributed by atoms with Crippen LogP contribution in [-0.4, -0.2) is 11.0 Å². The summed E-state index contributed by atoms with van der Waals surface area (Å²) in [5, 5.41) is 68.8. The second-order valence-electron chi connectivity index (χ2n) is 12.3. The summed E-state index contributed by atoms with van der Waals surface area (Å²) >= 11 is 1.38. The largest absolute Gasteiger partial charge is 1.00 e. The number of amides is 1. The van der Waals surface area contributed by atoms with Crippen LogP contribution in [0.15, 0.2) is 144 Å². The van der Waals surface area contributed by atoms with Crippen LogP contribution < -0.4 is 74.9 Å². The van der Waals surface area contributed by atoms with Crippen LogP contribution in [0.25, 0.3) is 10.8 Å². The van der Waals surface area contributed by atoms with Gasteiger partial charge in [-0.2, -0.15) is 34.2 Å². The van der Waals surface area contributed by atoms with E-state index < -0.39 is 0 Å². The first-order chi connectivity index (χ1) is 27.1. The standard InChI is InChI=1S/C39H33N7O8S2.2Na/c1-22-5-15-32-27(17-22)21-36(56-54-52-50)37(38(32)47)46-42-30-12-16-33(23(2)18-30)43-45-35-20-24(3)34(19-25(35)4)44-41-29-8-6-26(7-9-29)39(48)40-28-10-13-31(14-11-28)55-53-51-49;;/h5-21,47,49-50H,1-4H3,(H,40,48);;/q;2*+1/p-2. The molecule has 1 amide bonds. The van der Waals surface area contributed by atoms with Gasteiger partial charge in [-0.1, -0.05) is 23.8 Å². The minimum atomic E-state index is -0.303. The molecule has 19 heteroatoms. The maximum absolute atomic E-state index is 12.7. The Kier molecular flexibility index (Phi) is 18.1. The molecule has 284 valence electrons. The number of carbonyl (C=O) groups is 1. The van der Waals surface area contributed by atoms with Crippen molar-refractivity contribution < 1.29 is 98.3 Å². The van der Waals surface area contributed by atoms with E-state index in [9.17, 15) is 20.4 Å². The first kappa shape index (κ1) is 46.8. The molecule has 2 N–H and O–H groups in total. The van der Waals surface area contributed by atoms with Crippen LogP contribution in [-0.2, 0) is 18.7 Å². The van der Waals surface area contributed by atoms with Crippen molar-refractivity contribution in [2.24, 2.45) is 30.7 Å². The van der Waals surface area contributed by atoms with Crippen molar-refractivity contribution in [3.8, 4) is 5.75 Å². The minimum Gasteiger partial charge on any atom is -0.691 e. The molecule has 0 fully saturated rings. The third-order valence-electron chi connectivity index (χ3n) is 8.26. The number of aryl methyl sites for hydroxylation is 4. The van der Waals surface area contributed by atoms with Crippen molar-refractivity contribution in [3.05, 3.63) is 131 Å². The molecule has 0 aliphatic rings. The first-order valence-electron chi connectivity index (χ1n) is 16.6. The van der Waals surface area contributed by atoms with Gasteiger partial charge in [-0.05, 0) is 135 Å². The Morgan fingerprint density at radius 3 is 1.86 bits per heavy atom. The van der Waals surface area contributed by atoms with E-state index in [1.54, 1.807) is 78.9 Å². The molecular weight excluding hydrogens is 805 g/mol. The molecule has 0 atom stereocenters. The Morgan fingerprint density at radius 1 is 0.621 bits per heavy atom. The van der Waals surface area contributed by atoms with Gasteiger partial charge in [0.1, 0.15) is 5.69 Å². The predicted molar refractivity (Wildman–Crippen MR) is 207 cm³/mol. The number of nitrogens with zero attached hydrogens (tertiary/aromatic N) is 6. The number of rotatable bonds is 14. The van der Waals surface area contributed by atoms with Gasteiger partial charge in [-0.3, -0.25) is 14.9 Å². The molecule has 0 heterocycles. The molecule has 6 rings (SSSR count). The SMILES string of the molecule is Cc1ccc2c(O)c(N=Nc3ccc(N=Nc4cc(C)c(N=Nc5ccc(C(=O)Nc6ccc(SOO[O-])cc6)cc5)cc4C)c(C)c3)c(SOO[O-])cc2c1.[Na+].[Na+]. The fourth-order valence-electron chi connectivity index (χ4n) is 5.35. The van der Waals surface area contributed by atoms with Gasteiger partial charge in [-0.25, -0.2) is 0 Å². The topological polar surface area (TPSA) is 207 Å². The maximum Gasteiger partial charge on any atom is 1.00 e. The van der Waals surface area contributed by atoms with Crippen LogP contribution in [0.4, 0.5) is 39.8 Å². The second-order valence-corrected chi connectivity index (χ2v) is 13.8. The van der Waals surface area contributed by atoms with Crippen LogP contribution in [0, 0.1) is 27.7 Å². The molecule has 0 saturated heterocycles. The van der Waals surface area contributed by atoms with Gasteiger partial charge in [0.25, 0.3) is 5.91 Å². The van der Waals surface area contributed by atoms with Crippen LogP contribution >= 0.6 is 24.1 Å². The van der Waals surface area contributed by atoms with Gasteiger partial charge < -0.3 is 20.9 Å². The number of anilines is 1. The van der Waals surface area contributed by atoms with E-state index in [4.69, 9.17) is 0 Å². The average molecular weight is 836 g/mol. The Balaban J connectivity index is 0.00000372.